The Morgan fingerprint density at radius 2 is 1.82 bits per heavy atom. The Morgan fingerprint density at radius 3 is 2.27 bits per heavy atom. The van der Waals surface area contributed by atoms with Gasteiger partial charge in [0.15, 0.2) is 15.1 Å². The Morgan fingerprint density at radius 1 is 1.23 bits per heavy atom. The molecule has 1 rings (SSSR count). The van der Waals surface area contributed by atoms with E-state index in [0.717, 1.165) is 5.57 Å². The van der Waals surface area contributed by atoms with Crippen molar-refractivity contribution >= 4 is 15.8 Å². The van der Waals surface area contributed by atoms with E-state index in [2.05, 4.69) is 0 Å². The first-order valence-corrected chi connectivity index (χ1v) is 8.55. The van der Waals surface area contributed by atoms with Crippen molar-refractivity contribution in [1.82, 2.24) is 0 Å². The summed E-state index contributed by atoms with van der Waals surface area (Å²) in [5.41, 5.74) is 0.944. The van der Waals surface area contributed by atoms with Crippen molar-refractivity contribution in [1.29, 1.82) is 0 Å². The Kier molecular flexibility index (Phi) is 6.61. The monoisotopic (exact) mass is 326 g/mol. The van der Waals surface area contributed by atoms with E-state index in [1.54, 1.807) is 25.1 Å². The third-order valence-corrected chi connectivity index (χ3v) is 5.12. The number of allylic oxidation sites excluding steroid dienone is 2. The molecular weight excluding hydrogens is 304 g/mol. The molecular formula is C16H22O5S. The van der Waals surface area contributed by atoms with Crippen molar-refractivity contribution in [2.24, 2.45) is 0 Å². The van der Waals surface area contributed by atoms with Crippen LogP contribution in [0, 0.1) is 0 Å². The molecule has 0 saturated heterocycles. The Bertz CT molecular complexity index is 625. The molecule has 1 aromatic carbocycles. The fraction of sp³-hybridized carbons (Fsp3) is 0.438. The summed E-state index contributed by atoms with van der Waals surface area (Å²) in [5.74, 6) is -0.174. The van der Waals surface area contributed by atoms with Crippen LogP contribution in [-0.2, 0) is 19.4 Å². The quantitative estimate of drug-likeness (QED) is 0.569. The fourth-order valence-corrected chi connectivity index (χ4v) is 3.37. The molecule has 0 aromatic heterocycles. The molecule has 5 nitrogen and oxygen atoms in total. The standard InChI is InChI=1S/C16H22O5S/c1-5-21-16(17)15(11-6-12(2)3)22(18,19)14-9-7-13(20-4)8-10-14/h6-10,15H,5,11H2,1-4H3/t15-/m1/s1. The van der Waals surface area contributed by atoms with Gasteiger partial charge in [-0.3, -0.25) is 4.79 Å². The number of rotatable bonds is 7. The van der Waals surface area contributed by atoms with Crippen molar-refractivity contribution in [3.8, 4) is 5.75 Å². The second-order valence-electron chi connectivity index (χ2n) is 4.98. The average Bonchev–Trinajstić information content (AvgIpc) is 2.47. The molecule has 1 aromatic rings. The third kappa shape index (κ3) is 4.59. The first-order chi connectivity index (χ1) is 10.3. The molecule has 0 heterocycles. The second kappa shape index (κ2) is 7.98. The summed E-state index contributed by atoms with van der Waals surface area (Å²) in [6, 6.07) is 5.97. The molecule has 0 unspecified atom stereocenters. The minimum absolute atomic E-state index is 0.0773. The van der Waals surface area contributed by atoms with Crippen LogP contribution < -0.4 is 4.74 Å². The summed E-state index contributed by atoms with van der Waals surface area (Å²) in [6.07, 6.45) is 1.82. The number of hydrogen-bond acceptors (Lipinski definition) is 5. The third-order valence-electron chi connectivity index (χ3n) is 3.05. The van der Waals surface area contributed by atoms with Gasteiger partial charge in [-0.2, -0.15) is 0 Å². The molecule has 6 heteroatoms. The van der Waals surface area contributed by atoms with Gasteiger partial charge in [-0.25, -0.2) is 8.42 Å². The van der Waals surface area contributed by atoms with Crippen LogP contribution in [0.4, 0.5) is 0 Å². The van der Waals surface area contributed by atoms with E-state index in [9.17, 15) is 13.2 Å². The fourth-order valence-electron chi connectivity index (χ4n) is 1.86. The van der Waals surface area contributed by atoms with Gasteiger partial charge in [0, 0.05) is 0 Å². The second-order valence-corrected chi connectivity index (χ2v) is 7.11. The van der Waals surface area contributed by atoms with Gasteiger partial charge < -0.3 is 9.47 Å². The van der Waals surface area contributed by atoms with E-state index in [-0.39, 0.29) is 17.9 Å². The van der Waals surface area contributed by atoms with Crippen LogP contribution in [0.1, 0.15) is 27.2 Å². The lowest BCUT2D eigenvalue weighted by Crippen LogP contribution is -2.32. The highest BCUT2D eigenvalue weighted by Gasteiger charge is 2.34. The molecule has 0 spiro atoms. The predicted octanol–water partition coefficient (Wildman–Crippen LogP) is 2.76. The maximum Gasteiger partial charge on any atom is 0.325 e. The number of carbonyl (C=O) groups is 1. The molecule has 1 atom stereocenters. The maximum absolute atomic E-state index is 12.7. The summed E-state index contributed by atoms with van der Waals surface area (Å²) >= 11 is 0. The van der Waals surface area contributed by atoms with Crippen LogP contribution in [0.5, 0.6) is 5.75 Å². The van der Waals surface area contributed by atoms with E-state index in [1.165, 1.54) is 19.2 Å². The zero-order chi connectivity index (χ0) is 16.8. The highest BCUT2D eigenvalue weighted by molar-refractivity contribution is 7.92. The number of hydrogen-bond donors (Lipinski definition) is 0. The van der Waals surface area contributed by atoms with Crippen LogP contribution in [0.2, 0.25) is 0 Å². The topological polar surface area (TPSA) is 69.7 Å². The first kappa shape index (κ1) is 18.2. The Balaban J connectivity index is 3.18. The van der Waals surface area contributed by atoms with Gasteiger partial charge in [-0.1, -0.05) is 11.6 Å². The van der Waals surface area contributed by atoms with E-state index < -0.39 is 21.1 Å². The van der Waals surface area contributed by atoms with Gasteiger partial charge >= 0.3 is 5.97 Å². The van der Waals surface area contributed by atoms with E-state index in [4.69, 9.17) is 9.47 Å². The molecule has 0 radical (unpaired) electrons. The predicted molar refractivity (Wildman–Crippen MR) is 84.6 cm³/mol. The van der Waals surface area contributed by atoms with Gasteiger partial charge in [-0.05, 0) is 51.5 Å². The highest BCUT2D eigenvalue weighted by Crippen LogP contribution is 2.23. The summed E-state index contributed by atoms with van der Waals surface area (Å²) in [7, 11) is -2.32. The average molecular weight is 326 g/mol. The zero-order valence-corrected chi connectivity index (χ0v) is 14.1. The SMILES string of the molecule is CCOC(=O)[C@@H](CC=C(C)C)S(=O)(=O)c1ccc(OC)cc1. The van der Waals surface area contributed by atoms with Gasteiger partial charge in [0.05, 0.1) is 18.6 Å². The molecule has 0 aliphatic rings. The zero-order valence-electron chi connectivity index (χ0n) is 13.3. The van der Waals surface area contributed by atoms with Crippen molar-refractivity contribution in [2.75, 3.05) is 13.7 Å². The maximum atomic E-state index is 12.7. The largest absolute Gasteiger partial charge is 0.497 e. The summed E-state index contributed by atoms with van der Waals surface area (Å²) in [6.45, 7) is 5.49. The van der Waals surface area contributed by atoms with E-state index in [0.29, 0.717) is 5.75 Å². The summed E-state index contributed by atoms with van der Waals surface area (Å²) < 4.78 is 35.3. The molecule has 0 saturated carbocycles. The lowest BCUT2D eigenvalue weighted by Gasteiger charge is -2.15. The van der Waals surface area contributed by atoms with Crippen LogP contribution in [0.15, 0.2) is 40.8 Å². The van der Waals surface area contributed by atoms with Crippen LogP contribution in [-0.4, -0.2) is 33.4 Å². The minimum Gasteiger partial charge on any atom is -0.497 e. The van der Waals surface area contributed by atoms with Crippen LogP contribution in [0.25, 0.3) is 0 Å². The van der Waals surface area contributed by atoms with Crippen molar-refractivity contribution < 1.29 is 22.7 Å². The molecule has 0 aliphatic carbocycles. The molecule has 0 bridgehead atoms. The van der Waals surface area contributed by atoms with E-state index in [1.807, 2.05) is 13.8 Å². The van der Waals surface area contributed by atoms with Crippen LogP contribution >= 0.6 is 0 Å². The lowest BCUT2D eigenvalue weighted by atomic mass is 10.2. The first-order valence-electron chi connectivity index (χ1n) is 7.00. The smallest absolute Gasteiger partial charge is 0.325 e. The van der Waals surface area contributed by atoms with Crippen molar-refractivity contribution in [2.45, 2.75) is 37.3 Å². The Labute approximate surface area is 131 Å². The number of carbonyl (C=O) groups excluding carboxylic acids is 1. The number of esters is 1. The van der Waals surface area contributed by atoms with Gasteiger partial charge in [0.1, 0.15) is 5.75 Å². The molecule has 22 heavy (non-hydrogen) atoms. The van der Waals surface area contributed by atoms with Gasteiger partial charge in [-0.15, -0.1) is 0 Å². The normalized spacial score (nSPS) is 12.4. The molecule has 0 aliphatic heterocycles. The molecule has 0 amide bonds. The molecule has 0 fully saturated rings. The van der Waals surface area contributed by atoms with Crippen molar-refractivity contribution in [3.63, 3.8) is 0 Å². The number of benzene rings is 1. The van der Waals surface area contributed by atoms with Crippen LogP contribution in [0.3, 0.4) is 0 Å². The van der Waals surface area contributed by atoms with Gasteiger partial charge in [0.25, 0.3) is 0 Å². The molecule has 122 valence electrons. The minimum atomic E-state index is -3.82. The lowest BCUT2D eigenvalue weighted by molar-refractivity contribution is -0.142. The van der Waals surface area contributed by atoms with Gasteiger partial charge in [0.2, 0.25) is 0 Å². The Hall–Kier alpha value is -1.82. The number of ether oxygens (including phenoxy) is 2. The van der Waals surface area contributed by atoms with Crippen molar-refractivity contribution in [3.05, 3.63) is 35.9 Å². The number of sulfone groups is 1. The summed E-state index contributed by atoms with van der Waals surface area (Å²) in [4.78, 5) is 12.1. The molecule has 0 N–H and O–H groups in total. The highest BCUT2D eigenvalue weighted by atomic mass is 32.2. The summed E-state index contributed by atoms with van der Waals surface area (Å²) in [5, 5.41) is -1.24. The number of methoxy groups -OCH3 is 1. The van der Waals surface area contributed by atoms with E-state index >= 15 is 0 Å².